The van der Waals surface area contributed by atoms with Crippen molar-refractivity contribution in [2.45, 2.75) is 34.1 Å². The number of ketones is 1. The van der Waals surface area contributed by atoms with Crippen LogP contribution < -0.4 is 0 Å². The second-order valence-corrected chi connectivity index (χ2v) is 3.78. The molecule has 0 saturated carbocycles. The Bertz CT molecular complexity index is 286. The van der Waals surface area contributed by atoms with Crippen LogP contribution in [-0.2, 0) is 14.3 Å². The summed E-state index contributed by atoms with van der Waals surface area (Å²) in [5.41, 5.74) is -1.18. The maximum absolute atomic E-state index is 11.8. The second kappa shape index (κ2) is 5.55. The Balaban J connectivity index is 5.23. The van der Waals surface area contributed by atoms with E-state index in [4.69, 9.17) is 11.2 Å². The Morgan fingerprint density at radius 3 is 2.27 bits per heavy atom. The second-order valence-electron chi connectivity index (χ2n) is 3.78. The lowest BCUT2D eigenvalue weighted by atomic mass is 9.72. The number of terminal acetylenes is 1. The molecule has 1 unspecified atom stereocenters. The van der Waals surface area contributed by atoms with Crippen molar-refractivity contribution in [3.05, 3.63) is 0 Å². The molecule has 3 nitrogen and oxygen atoms in total. The summed E-state index contributed by atoms with van der Waals surface area (Å²) in [5.74, 6) is 1.49. The summed E-state index contributed by atoms with van der Waals surface area (Å²) >= 11 is 0. The van der Waals surface area contributed by atoms with Gasteiger partial charge in [0.2, 0.25) is 0 Å². The average Bonchev–Trinajstić information content (AvgIpc) is 2.13. The first-order valence-corrected chi connectivity index (χ1v) is 5.05. The maximum Gasteiger partial charge on any atom is 0.320 e. The van der Waals surface area contributed by atoms with E-state index in [0.717, 1.165) is 0 Å². The number of carbonyl (C=O) groups excluding carboxylic acids is 2. The lowest BCUT2D eigenvalue weighted by Gasteiger charge is -2.30. The zero-order valence-electron chi connectivity index (χ0n) is 9.79. The van der Waals surface area contributed by atoms with Crippen LogP contribution in [0.25, 0.3) is 0 Å². The van der Waals surface area contributed by atoms with Crippen molar-refractivity contribution in [3.8, 4) is 12.3 Å². The summed E-state index contributed by atoms with van der Waals surface area (Å²) < 4.78 is 4.93. The first-order chi connectivity index (χ1) is 6.93. The molecule has 1 atom stereocenters. The van der Waals surface area contributed by atoms with Crippen molar-refractivity contribution >= 4 is 11.8 Å². The van der Waals surface area contributed by atoms with Gasteiger partial charge in [-0.3, -0.25) is 9.59 Å². The van der Waals surface area contributed by atoms with Crippen LogP contribution in [0.4, 0.5) is 0 Å². The summed E-state index contributed by atoms with van der Waals surface area (Å²) in [6, 6.07) is 0. The van der Waals surface area contributed by atoms with Crippen molar-refractivity contribution < 1.29 is 14.3 Å². The molecule has 0 amide bonds. The molecule has 0 aromatic carbocycles. The first kappa shape index (κ1) is 13.7. The van der Waals surface area contributed by atoms with Crippen LogP contribution in [0.15, 0.2) is 0 Å². The van der Waals surface area contributed by atoms with Crippen molar-refractivity contribution in [1.29, 1.82) is 0 Å². The van der Waals surface area contributed by atoms with Gasteiger partial charge < -0.3 is 4.74 Å². The van der Waals surface area contributed by atoms with Gasteiger partial charge in [0.15, 0.2) is 0 Å². The van der Waals surface area contributed by atoms with Gasteiger partial charge in [0, 0.05) is 6.42 Å². The van der Waals surface area contributed by atoms with Crippen LogP contribution in [-0.4, -0.2) is 18.4 Å². The van der Waals surface area contributed by atoms with Gasteiger partial charge in [-0.2, -0.15) is 0 Å². The lowest BCUT2D eigenvalue weighted by Crippen LogP contribution is -2.43. The molecule has 84 valence electrons. The van der Waals surface area contributed by atoms with Crippen LogP contribution in [0.2, 0.25) is 0 Å². The van der Waals surface area contributed by atoms with Crippen molar-refractivity contribution in [2.24, 2.45) is 11.3 Å². The van der Waals surface area contributed by atoms with E-state index in [0.29, 0.717) is 0 Å². The molecular weight excluding hydrogens is 192 g/mol. The van der Waals surface area contributed by atoms with E-state index in [2.05, 4.69) is 5.92 Å². The van der Waals surface area contributed by atoms with Gasteiger partial charge in [-0.25, -0.2) is 0 Å². The molecule has 0 rings (SSSR count). The minimum Gasteiger partial charge on any atom is -0.465 e. The fourth-order valence-electron chi connectivity index (χ4n) is 1.61. The Morgan fingerprint density at radius 2 is 2.00 bits per heavy atom. The van der Waals surface area contributed by atoms with Gasteiger partial charge in [-0.15, -0.1) is 12.3 Å². The SMILES string of the molecule is C#CCC(C(C)=O)(C(=O)OCC)C(C)C. The fourth-order valence-corrected chi connectivity index (χ4v) is 1.61. The third-order valence-corrected chi connectivity index (χ3v) is 2.63. The normalized spacial score (nSPS) is 14.1. The summed E-state index contributed by atoms with van der Waals surface area (Å²) in [5, 5.41) is 0. The largest absolute Gasteiger partial charge is 0.465 e. The van der Waals surface area contributed by atoms with Gasteiger partial charge in [-0.05, 0) is 19.8 Å². The highest BCUT2D eigenvalue weighted by molar-refractivity contribution is 6.03. The highest BCUT2D eigenvalue weighted by atomic mass is 16.5. The fraction of sp³-hybridized carbons (Fsp3) is 0.667. The number of carbonyl (C=O) groups is 2. The monoisotopic (exact) mass is 210 g/mol. The Hall–Kier alpha value is -1.30. The van der Waals surface area contributed by atoms with E-state index in [1.807, 2.05) is 0 Å². The number of ether oxygens (including phenoxy) is 1. The van der Waals surface area contributed by atoms with Crippen LogP contribution in [0.1, 0.15) is 34.1 Å². The molecule has 0 spiro atoms. The van der Waals surface area contributed by atoms with Crippen LogP contribution >= 0.6 is 0 Å². The molecule has 0 aromatic rings. The Kier molecular flexibility index (Phi) is 5.07. The number of hydrogen-bond acceptors (Lipinski definition) is 3. The third-order valence-electron chi connectivity index (χ3n) is 2.63. The molecule has 15 heavy (non-hydrogen) atoms. The summed E-state index contributed by atoms with van der Waals surface area (Å²) in [4.78, 5) is 23.4. The minimum atomic E-state index is -1.18. The van der Waals surface area contributed by atoms with Crippen LogP contribution in [0.3, 0.4) is 0 Å². The number of esters is 1. The quantitative estimate of drug-likeness (QED) is 0.395. The Labute approximate surface area is 91.2 Å². The molecule has 0 aliphatic rings. The highest BCUT2D eigenvalue weighted by Crippen LogP contribution is 2.34. The predicted octanol–water partition coefficient (Wildman–Crippen LogP) is 1.80. The van der Waals surface area contributed by atoms with Crippen LogP contribution in [0, 0.1) is 23.7 Å². The van der Waals surface area contributed by atoms with E-state index in [9.17, 15) is 9.59 Å². The molecule has 0 fully saturated rings. The van der Waals surface area contributed by atoms with Gasteiger partial charge in [0.1, 0.15) is 11.2 Å². The maximum atomic E-state index is 11.8. The van der Waals surface area contributed by atoms with Crippen molar-refractivity contribution in [1.82, 2.24) is 0 Å². The number of hydrogen-bond donors (Lipinski definition) is 0. The predicted molar refractivity (Wildman–Crippen MR) is 58.0 cm³/mol. The highest BCUT2D eigenvalue weighted by Gasteiger charge is 2.46. The van der Waals surface area contributed by atoms with E-state index >= 15 is 0 Å². The van der Waals surface area contributed by atoms with E-state index < -0.39 is 11.4 Å². The molecule has 3 heteroatoms. The van der Waals surface area contributed by atoms with E-state index in [-0.39, 0.29) is 24.7 Å². The third kappa shape index (κ3) is 2.59. The number of rotatable bonds is 5. The molecule has 0 aromatic heterocycles. The summed E-state index contributed by atoms with van der Waals surface area (Å²) in [6.45, 7) is 6.95. The lowest BCUT2D eigenvalue weighted by molar-refractivity contribution is -0.162. The molecule has 0 aliphatic carbocycles. The molecule has 0 saturated heterocycles. The topological polar surface area (TPSA) is 43.4 Å². The zero-order chi connectivity index (χ0) is 12.1. The standard InChI is InChI=1S/C12H18O3/c1-6-8-12(9(3)4,10(5)13)11(14)15-7-2/h1,9H,7-8H2,2-5H3. The average molecular weight is 210 g/mol. The van der Waals surface area contributed by atoms with Crippen LogP contribution in [0.5, 0.6) is 0 Å². The Morgan fingerprint density at radius 1 is 1.47 bits per heavy atom. The molecule has 0 aliphatic heterocycles. The van der Waals surface area contributed by atoms with Gasteiger partial charge in [0.05, 0.1) is 6.61 Å². The van der Waals surface area contributed by atoms with Gasteiger partial charge >= 0.3 is 5.97 Å². The molecule has 0 bridgehead atoms. The van der Waals surface area contributed by atoms with E-state index in [1.54, 1.807) is 20.8 Å². The summed E-state index contributed by atoms with van der Waals surface area (Å²) in [6.07, 6.45) is 5.31. The zero-order valence-corrected chi connectivity index (χ0v) is 9.79. The molecule has 0 N–H and O–H groups in total. The minimum absolute atomic E-state index is 0.0961. The van der Waals surface area contributed by atoms with Crippen molar-refractivity contribution in [2.75, 3.05) is 6.61 Å². The number of Topliss-reactive ketones (excluding diaryl/α,β-unsaturated/α-hetero) is 1. The summed E-state index contributed by atoms with van der Waals surface area (Å²) in [7, 11) is 0. The molecule has 0 heterocycles. The van der Waals surface area contributed by atoms with Gasteiger partial charge in [-0.1, -0.05) is 13.8 Å². The van der Waals surface area contributed by atoms with Crippen molar-refractivity contribution in [3.63, 3.8) is 0 Å². The van der Waals surface area contributed by atoms with E-state index in [1.165, 1.54) is 6.92 Å². The molecular formula is C12H18O3. The van der Waals surface area contributed by atoms with Gasteiger partial charge in [0.25, 0.3) is 0 Å². The first-order valence-electron chi connectivity index (χ1n) is 5.05. The smallest absolute Gasteiger partial charge is 0.320 e. The molecule has 0 radical (unpaired) electrons.